The summed E-state index contributed by atoms with van der Waals surface area (Å²) < 4.78 is 12.7. The van der Waals surface area contributed by atoms with Gasteiger partial charge in [-0.25, -0.2) is 0 Å². The van der Waals surface area contributed by atoms with E-state index in [1.165, 1.54) is 5.56 Å². The summed E-state index contributed by atoms with van der Waals surface area (Å²) in [5.41, 5.74) is 3.75. The molecule has 0 atom stereocenters. The highest BCUT2D eigenvalue weighted by Crippen LogP contribution is 2.38. The molecule has 2 heterocycles. The van der Waals surface area contributed by atoms with Gasteiger partial charge < -0.3 is 14.4 Å². The molecule has 41 heavy (non-hydrogen) atoms. The standard InChI is InChI=1S/C30H25Cl2IN2O5S/c1-2-39-25-12-18(11-24(33)28(25)40-17-21-7-8-22(31)14-23(21)32)13-26-29(37)35(30(38)41-26)16-27(36)34-10-9-19-5-3-4-6-20(19)15-34/h3-8,11-14H,2,9-10,15-17H2,1H3/b26-13+. The lowest BCUT2D eigenvalue weighted by Crippen LogP contribution is -2.44. The normalized spacial score (nSPS) is 15.9. The van der Waals surface area contributed by atoms with Crippen LogP contribution < -0.4 is 9.47 Å². The number of thioether (sulfide) groups is 1. The number of fused-ring (bicyclic) bond motifs is 1. The summed E-state index contributed by atoms with van der Waals surface area (Å²) in [6.45, 7) is 3.21. The average molecular weight is 723 g/mol. The van der Waals surface area contributed by atoms with Crippen molar-refractivity contribution in [2.24, 2.45) is 0 Å². The van der Waals surface area contributed by atoms with Crippen LogP contribution in [0, 0.1) is 3.57 Å². The van der Waals surface area contributed by atoms with Crippen molar-refractivity contribution in [1.82, 2.24) is 9.80 Å². The zero-order valence-corrected chi connectivity index (χ0v) is 26.5. The Morgan fingerprint density at radius 2 is 1.85 bits per heavy atom. The first-order valence-corrected chi connectivity index (χ1v) is 15.5. The van der Waals surface area contributed by atoms with Crippen LogP contribution >= 0.6 is 57.6 Å². The molecule has 0 saturated carbocycles. The van der Waals surface area contributed by atoms with Crippen molar-refractivity contribution in [2.45, 2.75) is 26.5 Å². The van der Waals surface area contributed by atoms with E-state index in [0.717, 1.165) is 37.8 Å². The Labute approximate surface area is 265 Å². The topological polar surface area (TPSA) is 76.2 Å². The maximum absolute atomic E-state index is 13.2. The fourth-order valence-electron chi connectivity index (χ4n) is 4.59. The number of nitrogens with zero attached hydrogens (tertiary/aromatic N) is 2. The van der Waals surface area contributed by atoms with E-state index in [0.29, 0.717) is 46.8 Å². The summed E-state index contributed by atoms with van der Waals surface area (Å²) in [5.74, 6) is 0.294. The molecule has 2 aliphatic heterocycles. The smallest absolute Gasteiger partial charge is 0.294 e. The van der Waals surface area contributed by atoms with Crippen molar-refractivity contribution in [3.05, 3.63) is 95.4 Å². The second kappa shape index (κ2) is 13.1. The number of hydrogen-bond acceptors (Lipinski definition) is 6. The van der Waals surface area contributed by atoms with E-state index in [1.54, 1.807) is 35.2 Å². The maximum atomic E-state index is 13.2. The molecule has 0 bridgehead atoms. The molecule has 3 amide bonds. The Balaban J connectivity index is 1.30. The van der Waals surface area contributed by atoms with E-state index >= 15 is 0 Å². The highest BCUT2D eigenvalue weighted by Gasteiger charge is 2.37. The van der Waals surface area contributed by atoms with Gasteiger partial charge >= 0.3 is 0 Å². The minimum atomic E-state index is -0.489. The Kier molecular flexibility index (Phi) is 9.48. The number of amides is 3. The average Bonchev–Trinajstić information content (AvgIpc) is 3.20. The van der Waals surface area contributed by atoms with Crippen molar-refractivity contribution in [2.75, 3.05) is 19.7 Å². The molecule has 5 rings (SSSR count). The number of benzene rings is 3. The summed E-state index contributed by atoms with van der Waals surface area (Å²) >= 11 is 15.3. The Hall–Kier alpha value is -2.73. The van der Waals surface area contributed by atoms with Crippen LogP contribution in [0.4, 0.5) is 4.79 Å². The monoisotopic (exact) mass is 722 g/mol. The third kappa shape index (κ3) is 6.85. The summed E-state index contributed by atoms with van der Waals surface area (Å²) in [5, 5.41) is 0.576. The van der Waals surface area contributed by atoms with Crippen molar-refractivity contribution < 1.29 is 23.9 Å². The first-order valence-electron chi connectivity index (χ1n) is 12.9. The number of hydrogen-bond donors (Lipinski definition) is 0. The molecule has 0 spiro atoms. The van der Waals surface area contributed by atoms with Gasteiger partial charge in [-0.15, -0.1) is 0 Å². The molecule has 0 N–H and O–H groups in total. The summed E-state index contributed by atoms with van der Waals surface area (Å²) in [4.78, 5) is 41.9. The van der Waals surface area contributed by atoms with Gasteiger partial charge in [-0.1, -0.05) is 53.5 Å². The number of carbonyl (C=O) groups is 3. The molecule has 0 unspecified atom stereocenters. The number of halogens is 3. The molecular weight excluding hydrogens is 698 g/mol. The molecule has 7 nitrogen and oxygen atoms in total. The van der Waals surface area contributed by atoms with Crippen LogP contribution in [0.2, 0.25) is 10.0 Å². The SMILES string of the molecule is CCOc1cc(/C=C2/SC(=O)N(CC(=O)N3CCc4ccccc4C3)C2=O)cc(I)c1OCc1ccc(Cl)cc1Cl. The van der Waals surface area contributed by atoms with Gasteiger partial charge in [0.1, 0.15) is 13.2 Å². The lowest BCUT2D eigenvalue weighted by atomic mass is 10.00. The van der Waals surface area contributed by atoms with Crippen LogP contribution in [0.1, 0.15) is 29.2 Å². The van der Waals surface area contributed by atoms with Crippen LogP contribution in [-0.2, 0) is 29.2 Å². The van der Waals surface area contributed by atoms with E-state index in [1.807, 2.05) is 31.2 Å². The molecule has 212 valence electrons. The van der Waals surface area contributed by atoms with Crippen molar-refractivity contribution in [3.63, 3.8) is 0 Å². The van der Waals surface area contributed by atoms with Crippen LogP contribution in [0.5, 0.6) is 11.5 Å². The van der Waals surface area contributed by atoms with Gasteiger partial charge in [0.25, 0.3) is 11.1 Å². The van der Waals surface area contributed by atoms with Gasteiger partial charge in [-0.05, 0) is 94.7 Å². The van der Waals surface area contributed by atoms with E-state index < -0.39 is 11.1 Å². The highest BCUT2D eigenvalue weighted by atomic mass is 127. The molecule has 11 heteroatoms. The van der Waals surface area contributed by atoms with Gasteiger partial charge in [0.2, 0.25) is 5.91 Å². The zero-order valence-electron chi connectivity index (χ0n) is 22.0. The largest absolute Gasteiger partial charge is 0.490 e. The van der Waals surface area contributed by atoms with Gasteiger partial charge in [0.05, 0.1) is 15.1 Å². The summed E-state index contributed by atoms with van der Waals surface area (Å²) in [7, 11) is 0. The van der Waals surface area contributed by atoms with Crippen LogP contribution in [0.3, 0.4) is 0 Å². The van der Waals surface area contributed by atoms with E-state index in [2.05, 4.69) is 28.7 Å². The summed E-state index contributed by atoms with van der Waals surface area (Å²) in [6, 6.07) is 16.8. The number of imide groups is 1. The quantitative estimate of drug-likeness (QED) is 0.181. The molecule has 0 aliphatic carbocycles. The molecule has 3 aromatic rings. The second-order valence-electron chi connectivity index (χ2n) is 9.39. The number of rotatable bonds is 8. The van der Waals surface area contributed by atoms with Gasteiger partial charge in [-0.3, -0.25) is 19.3 Å². The summed E-state index contributed by atoms with van der Waals surface area (Å²) in [6.07, 6.45) is 2.38. The number of ether oxygens (including phenoxy) is 2. The maximum Gasteiger partial charge on any atom is 0.294 e. The molecule has 0 radical (unpaired) electrons. The van der Waals surface area contributed by atoms with Gasteiger partial charge in [0, 0.05) is 28.7 Å². The Morgan fingerprint density at radius 1 is 1.07 bits per heavy atom. The lowest BCUT2D eigenvalue weighted by molar-refractivity contribution is -0.136. The van der Waals surface area contributed by atoms with Crippen LogP contribution in [0.25, 0.3) is 6.08 Å². The molecule has 0 aromatic heterocycles. The first kappa shape index (κ1) is 29.8. The predicted molar refractivity (Wildman–Crippen MR) is 169 cm³/mol. The van der Waals surface area contributed by atoms with E-state index in [4.69, 9.17) is 32.7 Å². The van der Waals surface area contributed by atoms with Crippen molar-refractivity contribution >= 4 is 80.7 Å². The van der Waals surface area contributed by atoms with Crippen LogP contribution in [0.15, 0.2) is 59.5 Å². The van der Waals surface area contributed by atoms with Gasteiger partial charge in [0.15, 0.2) is 11.5 Å². The first-order chi connectivity index (χ1) is 19.7. The fraction of sp³-hybridized carbons (Fsp3) is 0.233. The fourth-order valence-corrected chi connectivity index (χ4v) is 6.68. The Bertz CT molecular complexity index is 1560. The number of carbonyl (C=O) groups excluding carboxylic acids is 3. The minimum absolute atomic E-state index is 0.209. The van der Waals surface area contributed by atoms with E-state index in [9.17, 15) is 14.4 Å². The molecule has 1 saturated heterocycles. The molecule has 1 fully saturated rings. The highest BCUT2D eigenvalue weighted by molar-refractivity contribution is 14.1. The van der Waals surface area contributed by atoms with Gasteiger partial charge in [-0.2, -0.15) is 0 Å². The third-order valence-corrected chi connectivity index (χ3v) is 8.96. The minimum Gasteiger partial charge on any atom is -0.490 e. The molecule has 2 aliphatic rings. The predicted octanol–water partition coefficient (Wildman–Crippen LogP) is 7.20. The second-order valence-corrected chi connectivity index (χ2v) is 12.4. The molecular formula is C30H25Cl2IN2O5S. The lowest BCUT2D eigenvalue weighted by Gasteiger charge is -2.29. The van der Waals surface area contributed by atoms with Crippen molar-refractivity contribution in [1.29, 1.82) is 0 Å². The van der Waals surface area contributed by atoms with E-state index in [-0.39, 0.29) is 24.0 Å². The molecule has 3 aromatic carbocycles. The Morgan fingerprint density at radius 3 is 2.61 bits per heavy atom. The third-order valence-electron chi connectivity index (χ3n) is 6.67. The zero-order chi connectivity index (χ0) is 29.1. The van der Waals surface area contributed by atoms with Crippen molar-refractivity contribution in [3.8, 4) is 11.5 Å². The van der Waals surface area contributed by atoms with Crippen LogP contribution in [-0.4, -0.2) is 46.5 Å².